The zero-order valence-electron chi connectivity index (χ0n) is 13.7. The van der Waals surface area contributed by atoms with Gasteiger partial charge in [0, 0.05) is 10.1 Å². The molecule has 0 aromatic heterocycles. The second-order valence-electron chi connectivity index (χ2n) is 5.04. The van der Waals surface area contributed by atoms with Crippen molar-refractivity contribution in [1.82, 2.24) is 5.32 Å². The molecule has 2 rings (SSSR count). The fraction of sp³-hybridized carbons (Fsp3) is 0.278. The maximum Gasteiger partial charge on any atom is 0.407 e. The molecule has 1 N–H and O–H groups in total. The van der Waals surface area contributed by atoms with Gasteiger partial charge < -0.3 is 19.5 Å². The average molecular weight is 441 g/mol. The molecule has 0 fully saturated rings. The number of methoxy groups -OCH3 is 2. The predicted octanol–water partition coefficient (Wildman–Crippen LogP) is 3.78. The van der Waals surface area contributed by atoms with Crippen LogP contribution in [0.5, 0.6) is 11.5 Å². The summed E-state index contributed by atoms with van der Waals surface area (Å²) < 4.78 is 16.8. The summed E-state index contributed by atoms with van der Waals surface area (Å²) in [7, 11) is 3.21. The number of amides is 1. The van der Waals surface area contributed by atoms with E-state index in [9.17, 15) is 4.79 Å². The highest BCUT2D eigenvalue weighted by molar-refractivity contribution is 14.1. The number of alkyl carbamates (subject to hydrolysis) is 1. The van der Waals surface area contributed by atoms with Gasteiger partial charge >= 0.3 is 6.09 Å². The number of carbonyl (C=O) groups excluding carboxylic acids is 1. The first-order chi connectivity index (χ1) is 11.6. The van der Waals surface area contributed by atoms with E-state index in [0.29, 0.717) is 24.5 Å². The summed E-state index contributed by atoms with van der Waals surface area (Å²) in [5.41, 5.74) is 2.04. The van der Waals surface area contributed by atoms with Crippen molar-refractivity contribution in [2.45, 2.75) is 13.0 Å². The number of rotatable bonds is 7. The molecule has 0 saturated carbocycles. The number of carbonyl (C=O) groups is 1. The minimum atomic E-state index is -0.422. The standard InChI is InChI=1S/C18H20INO4/c1-22-16-10-14(15(19)11-17(16)23-2)8-9-20-18(21)24-12-13-6-4-3-5-7-13/h3-7,10-11H,8-9,12H2,1-2H3,(H,20,21). The smallest absolute Gasteiger partial charge is 0.407 e. The highest BCUT2D eigenvalue weighted by Crippen LogP contribution is 2.31. The molecule has 0 aliphatic carbocycles. The van der Waals surface area contributed by atoms with E-state index in [1.165, 1.54) is 0 Å². The van der Waals surface area contributed by atoms with Crippen molar-refractivity contribution in [3.05, 3.63) is 57.2 Å². The Labute approximate surface area is 155 Å². The monoisotopic (exact) mass is 441 g/mol. The third-order valence-corrected chi connectivity index (χ3v) is 4.43. The van der Waals surface area contributed by atoms with Crippen LogP contribution in [0.1, 0.15) is 11.1 Å². The Morgan fingerprint density at radius 1 is 1.08 bits per heavy atom. The van der Waals surface area contributed by atoms with Crippen LogP contribution in [0.25, 0.3) is 0 Å². The lowest BCUT2D eigenvalue weighted by Gasteiger charge is -2.12. The van der Waals surface area contributed by atoms with Gasteiger partial charge in [-0.25, -0.2) is 4.79 Å². The molecule has 24 heavy (non-hydrogen) atoms. The lowest BCUT2D eigenvalue weighted by atomic mass is 10.1. The number of hydrogen-bond donors (Lipinski definition) is 1. The van der Waals surface area contributed by atoms with Gasteiger partial charge in [-0.2, -0.15) is 0 Å². The van der Waals surface area contributed by atoms with Gasteiger partial charge in [-0.15, -0.1) is 0 Å². The number of nitrogens with one attached hydrogen (secondary N) is 1. The molecular weight excluding hydrogens is 421 g/mol. The number of ether oxygens (including phenoxy) is 3. The van der Waals surface area contributed by atoms with E-state index >= 15 is 0 Å². The van der Waals surface area contributed by atoms with Crippen molar-refractivity contribution in [1.29, 1.82) is 0 Å². The van der Waals surface area contributed by atoms with Gasteiger partial charge in [-0.05, 0) is 52.3 Å². The topological polar surface area (TPSA) is 56.8 Å². The zero-order chi connectivity index (χ0) is 17.4. The van der Waals surface area contributed by atoms with Crippen LogP contribution >= 0.6 is 22.6 Å². The second kappa shape index (κ2) is 9.36. The molecule has 5 nitrogen and oxygen atoms in total. The summed E-state index contributed by atoms with van der Waals surface area (Å²) in [6, 6.07) is 13.4. The molecule has 1 amide bonds. The molecule has 0 saturated heterocycles. The van der Waals surface area contributed by atoms with Crippen molar-refractivity contribution in [2.24, 2.45) is 0 Å². The largest absolute Gasteiger partial charge is 0.493 e. The Kier molecular flexibility index (Phi) is 7.17. The molecule has 0 heterocycles. The summed E-state index contributed by atoms with van der Waals surface area (Å²) >= 11 is 2.24. The minimum absolute atomic E-state index is 0.264. The summed E-state index contributed by atoms with van der Waals surface area (Å²) in [5, 5.41) is 2.76. The molecule has 6 heteroatoms. The SMILES string of the molecule is COc1cc(I)c(CCNC(=O)OCc2ccccc2)cc1OC. The van der Waals surface area contributed by atoms with Crippen molar-refractivity contribution in [3.8, 4) is 11.5 Å². The van der Waals surface area contributed by atoms with Crippen molar-refractivity contribution in [3.63, 3.8) is 0 Å². The maximum absolute atomic E-state index is 11.7. The van der Waals surface area contributed by atoms with Crippen LogP contribution in [0, 0.1) is 3.57 Å². The molecular formula is C18H20INO4. The van der Waals surface area contributed by atoms with Crippen molar-refractivity contribution in [2.75, 3.05) is 20.8 Å². The highest BCUT2D eigenvalue weighted by Gasteiger charge is 2.10. The Balaban J connectivity index is 1.82. The summed E-state index contributed by atoms with van der Waals surface area (Å²) in [5.74, 6) is 1.38. The second-order valence-corrected chi connectivity index (χ2v) is 6.20. The van der Waals surface area contributed by atoms with Gasteiger partial charge in [0.2, 0.25) is 0 Å². The van der Waals surface area contributed by atoms with E-state index in [1.54, 1.807) is 14.2 Å². The van der Waals surface area contributed by atoms with Crippen molar-refractivity contribution >= 4 is 28.7 Å². The molecule has 0 atom stereocenters. The molecule has 2 aromatic carbocycles. The predicted molar refractivity (Wildman–Crippen MR) is 101 cm³/mol. The van der Waals surface area contributed by atoms with E-state index in [-0.39, 0.29) is 6.61 Å². The van der Waals surface area contributed by atoms with E-state index < -0.39 is 6.09 Å². The average Bonchev–Trinajstić information content (AvgIpc) is 2.61. The van der Waals surface area contributed by atoms with E-state index in [2.05, 4.69) is 27.9 Å². The molecule has 2 aromatic rings. The molecule has 0 unspecified atom stereocenters. The summed E-state index contributed by atoms with van der Waals surface area (Å²) in [6.07, 6.45) is 0.258. The first-order valence-electron chi connectivity index (χ1n) is 7.49. The molecule has 0 radical (unpaired) electrons. The van der Waals surface area contributed by atoms with E-state index in [4.69, 9.17) is 14.2 Å². The zero-order valence-corrected chi connectivity index (χ0v) is 15.8. The number of hydrogen-bond acceptors (Lipinski definition) is 4. The van der Waals surface area contributed by atoms with Crippen LogP contribution in [-0.4, -0.2) is 26.9 Å². The van der Waals surface area contributed by atoms with E-state index in [1.807, 2.05) is 42.5 Å². The minimum Gasteiger partial charge on any atom is -0.493 e. The van der Waals surface area contributed by atoms with E-state index in [0.717, 1.165) is 14.7 Å². The first-order valence-corrected chi connectivity index (χ1v) is 8.57. The lowest BCUT2D eigenvalue weighted by Crippen LogP contribution is -2.26. The molecule has 0 aliphatic heterocycles. The quantitative estimate of drug-likeness (QED) is 0.665. The summed E-state index contributed by atoms with van der Waals surface area (Å²) in [6.45, 7) is 0.750. The number of benzene rings is 2. The fourth-order valence-electron chi connectivity index (χ4n) is 2.16. The maximum atomic E-state index is 11.7. The summed E-state index contributed by atoms with van der Waals surface area (Å²) in [4.78, 5) is 11.7. The normalized spacial score (nSPS) is 10.1. The van der Waals surface area contributed by atoms with Gasteiger partial charge in [0.05, 0.1) is 14.2 Å². The van der Waals surface area contributed by atoms with Gasteiger partial charge in [0.1, 0.15) is 6.61 Å². The Morgan fingerprint density at radius 3 is 2.42 bits per heavy atom. The fourth-order valence-corrected chi connectivity index (χ4v) is 2.87. The van der Waals surface area contributed by atoms with Gasteiger partial charge in [-0.3, -0.25) is 0 Å². The van der Waals surface area contributed by atoms with Crippen LogP contribution in [0.15, 0.2) is 42.5 Å². The molecule has 0 bridgehead atoms. The van der Waals surface area contributed by atoms with Gasteiger partial charge in [0.25, 0.3) is 0 Å². The third-order valence-electron chi connectivity index (χ3n) is 3.43. The van der Waals surface area contributed by atoms with Crippen LogP contribution in [0.3, 0.4) is 0 Å². The Hall–Kier alpha value is -1.96. The highest BCUT2D eigenvalue weighted by atomic mass is 127. The van der Waals surface area contributed by atoms with Gasteiger partial charge in [0.15, 0.2) is 11.5 Å². The van der Waals surface area contributed by atoms with Crippen LogP contribution in [0.2, 0.25) is 0 Å². The lowest BCUT2D eigenvalue weighted by molar-refractivity contribution is 0.140. The third kappa shape index (κ3) is 5.30. The van der Waals surface area contributed by atoms with Crippen LogP contribution < -0.4 is 14.8 Å². The Bertz CT molecular complexity index is 676. The molecule has 0 aliphatic rings. The molecule has 0 spiro atoms. The van der Waals surface area contributed by atoms with Crippen molar-refractivity contribution < 1.29 is 19.0 Å². The number of halogens is 1. The first kappa shape index (κ1) is 18.4. The Morgan fingerprint density at radius 2 is 1.75 bits per heavy atom. The molecule has 128 valence electrons. The van der Waals surface area contributed by atoms with Crippen LogP contribution in [0.4, 0.5) is 4.79 Å². The van der Waals surface area contributed by atoms with Crippen LogP contribution in [-0.2, 0) is 17.8 Å². The van der Waals surface area contributed by atoms with Gasteiger partial charge in [-0.1, -0.05) is 30.3 Å².